The molecule has 0 saturated heterocycles. The number of hydrogen-bond acceptors (Lipinski definition) is 0. The van der Waals surface area contributed by atoms with Gasteiger partial charge in [0, 0.05) is 105 Å². The summed E-state index contributed by atoms with van der Waals surface area (Å²) >= 11 is 0. The fraction of sp³-hybridized carbons (Fsp3) is 1.00. The first-order valence-corrected chi connectivity index (χ1v) is 31.6. The normalized spacial score (nSPS) is 8.81. The van der Waals surface area contributed by atoms with Crippen LogP contribution in [0, 0.1) is 0 Å². The fourth-order valence-electron chi connectivity index (χ4n) is 0.750. The van der Waals surface area contributed by atoms with Gasteiger partial charge in [0.05, 0.1) is 18.5 Å². The summed E-state index contributed by atoms with van der Waals surface area (Å²) in [6.45, 7) is 43.7. The second kappa shape index (κ2) is 51.1. The van der Waals surface area contributed by atoms with Crippen LogP contribution < -0.4 is 0 Å². The van der Waals surface area contributed by atoms with E-state index >= 15 is 0 Å². The van der Waals surface area contributed by atoms with Crippen LogP contribution >= 0.6 is 7.92 Å². The van der Waals surface area contributed by atoms with Crippen molar-refractivity contribution in [3.63, 3.8) is 0 Å². The van der Waals surface area contributed by atoms with Crippen molar-refractivity contribution in [1.82, 2.24) is 0 Å². The van der Waals surface area contributed by atoms with Crippen LogP contribution in [0.15, 0.2) is 0 Å². The Labute approximate surface area is 254 Å². The molecule has 0 aromatic heterocycles. The Bertz CT molecular complexity index is 199. The number of rotatable bonds is 4. The van der Waals surface area contributed by atoms with Crippen molar-refractivity contribution >= 4 is 113 Å². The van der Waals surface area contributed by atoms with Crippen molar-refractivity contribution in [3.05, 3.63) is 0 Å². The Balaban J connectivity index is -0.0000000283. The summed E-state index contributed by atoms with van der Waals surface area (Å²) in [6.07, 6.45) is 4.37. The molecule has 0 aliphatic carbocycles. The standard InChI is InChI=1S/C6H15P.C4H12Si2.4C3H9Si.3Ge/c1-4-7(5-2)6-3;1-5(2)6(3)4;4*1-4(2)3;;;/h4-6H2,1-3H3;1-4H3;4*1-3H3;;;/p+1. The largest absolute Gasteiger partial charge is 0.0735 e. The summed E-state index contributed by atoms with van der Waals surface area (Å²) in [5, 5.41) is 0. The molecule has 0 aromatic rings. The minimum atomic E-state index is 0. The third-order valence-electron chi connectivity index (χ3n) is 2.50. The topological polar surface area (TPSA) is 0 Å². The molecule has 0 heterocycles. The molecule has 0 aromatic carbocycles. The fourth-order valence-corrected chi connectivity index (χ4v) is 2.25. The van der Waals surface area contributed by atoms with Gasteiger partial charge in [0.25, 0.3) is 0 Å². The van der Waals surface area contributed by atoms with Gasteiger partial charge in [-0.2, -0.15) is 0 Å². The van der Waals surface area contributed by atoms with Crippen molar-refractivity contribution < 1.29 is 0 Å². The summed E-state index contributed by atoms with van der Waals surface area (Å²) in [7, 11) is 0.919. The van der Waals surface area contributed by atoms with E-state index in [0.29, 0.717) is 0 Å². The van der Waals surface area contributed by atoms with E-state index in [0.717, 1.165) is 0 Å². The predicted molar refractivity (Wildman–Crippen MR) is 186 cm³/mol. The summed E-state index contributed by atoms with van der Waals surface area (Å²) in [4.78, 5) is 0. The quantitative estimate of drug-likeness (QED) is 0.201. The molecule has 32 heavy (non-hydrogen) atoms. The third kappa shape index (κ3) is 196. The van der Waals surface area contributed by atoms with Gasteiger partial charge in [-0.25, -0.2) is 0 Å². The smallest absolute Gasteiger partial charge is 0.0543 e. The molecule has 0 aliphatic rings. The van der Waals surface area contributed by atoms with E-state index in [9.17, 15) is 0 Å². The molecule has 0 nitrogen and oxygen atoms in total. The Morgan fingerprint density at radius 1 is 0.344 bits per heavy atom. The van der Waals surface area contributed by atoms with Crippen molar-refractivity contribution in [1.29, 1.82) is 0 Å². The second-order valence-corrected chi connectivity index (χ2v) is 35.4. The van der Waals surface area contributed by atoms with E-state index < -0.39 is 0 Å². The zero-order valence-corrected chi connectivity index (χ0v) is 39.4. The molecule has 0 saturated carbocycles. The monoisotopic (exact) mass is 749 g/mol. The van der Waals surface area contributed by atoms with Crippen molar-refractivity contribution in [3.8, 4) is 0 Å². The molecule has 192 valence electrons. The molecule has 0 unspecified atom stereocenters. The maximum absolute atomic E-state index is 2.39. The van der Waals surface area contributed by atoms with Crippen LogP contribution in [0.3, 0.4) is 0 Å². The molecule has 0 amide bonds. The summed E-state index contributed by atoms with van der Waals surface area (Å²) in [5.41, 5.74) is 0. The van der Waals surface area contributed by atoms with Gasteiger partial charge >= 0.3 is 0 Å². The molecule has 18 radical (unpaired) electrons. The maximum atomic E-state index is 2.39. The minimum Gasteiger partial charge on any atom is -0.0735 e. The van der Waals surface area contributed by atoms with E-state index in [1.54, 1.807) is 0 Å². The predicted octanol–water partition coefficient (Wildman–Crippen LogP) is 8.17. The van der Waals surface area contributed by atoms with Crippen LogP contribution in [0.2, 0.25) is 105 Å². The molecule has 0 rings (SSSR count). The van der Waals surface area contributed by atoms with Crippen molar-refractivity contribution in [2.45, 2.75) is 126 Å². The van der Waals surface area contributed by atoms with Gasteiger partial charge in [0.1, 0.15) is 0 Å². The molecule has 0 bridgehead atoms. The molecule has 0 aliphatic heterocycles. The average Bonchev–Trinajstić information content (AvgIpc) is 2.47. The third-order valence-corrected chi connectivity index (χ3v) is 13.5. The Hall–Kier alpha value is 3.36. The summed E-state index contributed by atoms with van der Waals surface area (Å²) in [5.74, 6) is 0. The van der Waals surface area contributed by atoms with Gasteiger partial charge in [0.2, 0.25) is 0 Å². The maximum Gasteiger partial charge on any atom is 0.0543 e. The Morgan fingerprint density at radius 2 is 0.438 bits per heavy atom. The average molecular weight is 746 g/mol. The van der Waals surface area contributed by atoms with Gasteiger partial charge in [0.15, 0.2) is 0 Å². The van der Waals surface area contributed by atoms with E-state index in [4.69, 9.17) is 0 Å². The molecule has 10 heteroatoms. The van der Waals surface area contributed by atoms with Gasteiger partial charge < -0.3 is 0 Å². The van der Waals surface area contributed by atoms with Gasteiger partial charge in [-0.3, -0.25) is 0 Å². The zero-order valence-electron chi connectivity index (χ0n) is 26.1. The summed E-state index contributed by atoms with van der Waals surface area (Å²) in [6, 6.07) is 0. The first-order chi connectivity index (χ1) is 12.9. The molecule has 0 spiro atoms. The van der Waals surface area contributed by atoms with Crippen molar-refractivity contribution in [2.24, 2.45) is 0 Å². The van der Waals surface area contributed by atoms with Gasteiger partial charge in [-0.05, 0) is 28.7 Å². The first kappa shape index (κ1) is 60.1. The first-order valence-electron chi connectivity index (χ1n) is 11.4. The van der Waals surface area contributed by atoms with Crippen LogP contribution in [0.25, 0.3) is 0 Å². The van der Waals surface area contributed by atoms with E-state index in [2.05, 4.69) is 126 Å². The van der Waals surface area contributed by atoms with Crippen molar-refractivity contribution in [2.75, 3.05) is 18.5 Å². The Kier molecular flexibility index (Phi) is 95.9. The molecule has 0 atom stereocenters. The molecule has 0 N–H and O–H groups in total. The van der Waals surface area contributed by atoms with Crippen LogP contribution in [0.1, 0.15) is 20.8 Å². The molecular formula is C22H64Ge3PSi6+. The SMILES string of the molecule is CC[PH+](CC)CC.C[Si](C)C.C[Si](C)C.C[Si](C)C.C[Si](C)C.C[Si](C)[Si](C)C.[Ge].[Ge].[Ge]. The molecule has 0 fully saturated rings. The van der Waals surface area contributed by atoms with E-state index in [1.807, 2.05) is 0 Å². The zero-order chi connectivity index (χ0) is 25.2. The summed E-state index contributed by atoms with van der Waals surface area (Å²) < 4.78 is 0. The van der Waals surface area contributed by atoms with Crippen LogP contribution in [-0.2, 0) is 0 Å². The van der Waals surface area contributed by atoms with E-state index in [1.165, 1.54) is 18.5 Å². The minimum absolute atomic E-state index is 0. The van der Waals surface area contributed by atoms with Crippen LogP contribution in [0.5, 0.6) is 0 Å². The molecular weight excluding hydrogens is 682 g/mol. The second-order valence-electron chi connectivity index (χ2n) is 9.81. The number of hydrogen-bond donors (Lipinski definition) is 0. The van der Waals surface area contributed by atoms with Crippen LogP contribution in [-0.4, -0.2) is 123 Å². The van der Waals surface area contributed by atoms with Crippen LogP contribution in [0.4, 0.5) is 0 Å². The Morgan fingerprint density at radius 3 is 0.438 bits per heavy atom. The van der Waals surface area contributed by atoms with Gasteiger partial charge in [-0.15, -0.1) is 0 Å². The van der Waals surface area contributed by atoms with E-state index in [-0.39, 0.29) is 113 Å². The van der Waals surface area contributed by atoms with Gasteiger partial charge in [-0.1, -0.05) is 105 Å².